The molecule has 2 aromatic carbocycles. The number of hydrogen-bond acceptors (Lipinski definition) is 4. The van der Waals surface area contributed by atoms with Gasteiger partial charge in [0, 0.05) is 28.7 Å². The van der Waals surface area contributed by atoms with E-state index in [4.69, 9.17) is 23.2 Å². The highest BCUT2D eigenvalue weighted by Crippen LogP contribution is 2.37. The van der Waals surface area contributed by atoms with Gasteiger partial charge >= 0.3 is 6.18 Å². The number of benzene rings is 2. The Morgan fingerprint density at radius 3 is 2.54 bits per heavy atom. The molecule has 0 saturated heterocycles. The average molecular weight is 615 g/mol. The van der Waals surface area contributed by atoms with Gasteiger partial charge in [-0.2, -0.15) is 18.3 Å². The van der Waals surface area contributed by atoms with Gasteiger partial charge in [0.2, 0.25) is 0 Å². The van der Waals surface area contributed by atoms with Crippen molar-refractivity contribution in [3.63, 3.8) is 0 Å². The zero-order valence-corrected chi connectivity index (χ0v) is 22.1. The minimum Gasteiger partial charge on any atom is -0.352 e. The number of carbonyl (C=O) groups is 2. The van der Waals surface area contributed by atoms with Gasteiger partial charge in [0.05, 0.1) is 21.3 Å². The van der Waals surface area contributed by atoms with Crippen molar-refractivity contribution in [3.8, 4) is 5.82 Å². The molecule has 192 valence electrons. The third kappa shape index (κ3) is 5.58. The van der Waals surface area contributed by atoms with Gasteiger partial charge in [0.15, 0.2) is 11.5 Å². The zero-order valence-electron chi connectivity index (χ0n) is 19.0. The van der Waals surface area contributed by atoms with Crippen LogP contribution >= 0.6 is 39.1 Å². The molecule has 0 radical (unpaired) electrons. The van der Waals surface area contributed by atoms with E-state index in [-0.39, 0.29) is 27.1 Å². The van der Waals surface area contributed by atoms with E-state index in [9.17, 15) is 22.8 Å². The zero-order chi connectivity index (χ0) is 26.9. The van der Waals surface area contributed by atoms with Crippen LogP contribution in [0.15, 0.2) is 53.1 Å². The predicted molar refractivity (Wildman–Crippen MR) is 139 cm³/mol. The van der Waals surface area contributed by atoms with Gasteiger partial charge in [0.25, 0.3) is 11.8 Å². The summed E-state index contributed by atoms with van der Waals surface area (Å²) in [5.74, 6) is -1.70. The van der Waals surface area contributed by atoms with Crippen molar-refractivity contribution < 1.29 is 22.8 Å². The molecule has 4 rings (SSSR count). The fraction of sp³-hybridized carbons (Fsp3) is 0.167. The first kappa shape index (κ1) is 26.9. The topological polar surface area (TPSA) is 88.9 Å². The number of anilines is 1. The molecule has 0 fully saturated rings. The largest absolute Gasteiger partial charge is 0.435 e. The number of carbonyl (C=O) groups excluding carboxylic acids is 2. The van der Waals surface area contributed by atoms with Gasteiger partial charge in [-0.15, -0.1) is 0 Å². The monoisotopic (exact) mass is 613 g/mol. The molecule has 4 aromatic rings. The molecule has 13 heteroatoms. The van der Waals surface area contributed by atoms with Crippen molar-refractivity contribution in [1.82, 2.24) is 20.1 Å². The maximum Gasteiger partial charge on any atom is 0.435 e. The highest BCUT2D eigenvalue weighted by Gasteiger charge is 2.37. The second kappa shape index (κ2) is 10.7. The Morgan fingerprint density at radius 1 is 1.11 bits per heavy atom. The van der Waals surface area contributed by atoms with Gasteiger partial charge in [-0.3, -0.25) is 9.59 Å². The summed E-state index contributed by atoms with van der Waals surface area (Å²) in [7, 11) is 0. The van der Waals surface area contributed by atoms with E-state index in [0.717, 1.165) is 4.47 Å². The van der Waals surface area contributed by atoms with E-state index in [1.807, 2.05) is 6.92 Å². The van der Waals surface area contributed by atoms with Crippen LogP contribution in [0.1, 0.15) is 39.9 Å². The molecule has 0 saturated carbocycles. The molecular weight excluding hydrogens is 598 g/mol. The van der Waals surface area contributed by atoms with Gasteiger partial charge in [-0.25, -0.2) is 9.67 Å². The van der Waals surface area contributed by atoms with Gasteiger partial charge in [0.1, 0.15) is 5.69 Å². The highest BCUT2D eigenvalue weighted by molar-refractivity contribution is 9.10. The molecule has 2 amide bonds. The average Bonchev–Trinajstić information content (AvgIpc) is 3.30. The number of nitrogens with zero attached hydrogens (tertiary/aromatic N) is 3. The summed E-state index contributed by atoms with van der Waals surface area (Å²) >= 11 is 16.1. The smallest absolute Gasteiger partial charge is 0.352 e. The molecule has 2 aromatic heterocycles. The van der Waals surface area contributed by atoms with Gasteiger partial charge in [-0.1, -0.05) is 52.1 Å². The second-order valence-corrected chi connectivity index (χ2v) is 9.52. The molecule has 2 N–H and O–H groups in total. The van der Waals surface area contributed by atoms with Crippen molar-refractivity contribution in [1.29, 1.82) is 0 Å². The van der Waals surface area contributed by atoms with E-state index >= 15 is 0 Å². The molecule has 0 atom stereocenters. The summed E-state index contributed by atoms with van der Waals surface area (Å²) in [6.45, 7) is 2.23. The minimum absolute atomic E-state index is 0.0256. The molecule has 0 aliphatic rings. The first-order chi connectivity index (χ1) is 17.5. The fourth-order valence-electron chi connectivity index (χ4n) is 3.52. The molecule has 0 bridgehead atoms. The van der Waals surface area contributed by atoms with Crippen LogP contribution in [-0.2, 0) is 6.18 Å². The Kier molecular flexibility index (Phi) is 7.77. The number of fused-ring (bicyclic) bond motifs is 1. The highest BCUT2D eigenvalue weighted by atomic mass is 79.9. The van der Waals surface area contributed by atoms with Crippen LogP contribution in [0.3, 0.4) is 0 Å². The van der Waals surface area contributed by atoms with Crippen molar-refractivity contribution in [2.75, 3.05) is 11.9 Å². The summed E-state index contributed by atoms with van der Waals surface area (Å²) in [5.41, 5.74) is -1.87. The van der Waals surface area contributed by atoms with Crippen molar-refractivity contribution in [2.45, 2.75) is 19.5 Å². The summed E-state index contributed by atoms with van der Waals surface area (Å²) < 4.78 is 42.0. The molecule has 2 heterocycles. The van der Waals surface area contributed by atoms with E-state index < -0.39 is 29.4 Å². The van der Waals surface area contributed by atoms with Crippen LogP contribution in [0.5, 0.6) is 0 Å². The van der Waals surface area contributed by atoms with E-state index in [1.54, 1.807) is 24.3 Å². The second-order valence-electron chi connectivity index (χ2n) is 7.82. The molecule has 0 aliphatic heterocycles. The van der Waals surface area contributed by atoms with Crippen molar-refractivity contribution in [3.05, 3.63) is 80.1 Å². The lowest BCUT2D eigenvalue weighted by Crippen LogP contribution is -2.26. The SMILES string of the molecule is CCCNC(=O)c1cc2cc(Br)ccc2c(Cl)c1NC(=O)c1cc(C(F)(F)F)nn1-c1ncccc1Cl. The van der Waals surface area contributed by atoms with Crippen LogP contribution in [0.4, 0.5) is 18.9 Å². The Morgan fingerprint density at radius 2 is 1.86 bits per heavy atom. The molecule has 7 nitrogen and oxygen atoms in total. The molecular formula is C24H17BrCl2F3N5O2. The number of nitrogens with one attached hydrogen (secondary N) is 2. The van der Waals surface area contributed by atoms with Crippen LogP contribution in [0, 0.1) is 0 Å². The van der Waals surface area contributed by atoms with E-state index in [2.05, 4.69) is 36.6 Å². The summed E-state index contributed by atoms with van der Waals surface area (Å²) in [6, 6.07) is 10.2. The number of alkyl halides is 3. The van der Waals surface area contributed by atoms with Crippen molar-refractivity contribution in [2.24, 2.45) is 0 Å². The third-order valence-corrected chi connectivity index (χ3v) is 6.41. The lowest BCUT2D eigenvalue weighted by atomic mass is 10.0. The van der Waals surface area contributed by atoms with Crippen LogP contribution < -0.4 is 10.6 Å². The predicted octanol–water partition coefficient (Wildman–Crippen LogP) is 6.90. The normalized spacial score (nSPS) is 11.5. The maximum atomic E-state index is 13.5. The Hall–Kier alpha value is -3.15. The van der Waals surface area contributed by atoms with Crippen LogP contribution in [-0.4, -0.2) is 33.1 Å². The number of halogens is 6. The van der Waals surface area contributed by atoms with Crippen LogP contribution in [0.25, 0.3) is 16.6 Å². The summed E-state index contributed by atoms with van der Waals surface area (Å²) in [5, 5.41) is 9.90. The molecule has 0 unspecified atom stereocenters. The number of aromatic nitrogens is 3. The number of amides is 2. The Labute approximate surface area is 227 Å². The number of pyridine rings is 1. The summed E-state index contributed by atoms with van der Waals surface area (Å²) in [4.78, 5) is 30.3. The van der Waals surface area contributed by atoms with Gasteiger partial charge < -0.3 is 10.6 Å². The minimum atomic E-state index is -4.85. The first-order valence-corrected chi connectivity index (χ1v) is 12.4. The maximum absolute atomic E-state index is 13.5. The van der Waals surface area contributed by atoms with E-state index in [1.165, 1.54) is 18.3 Å². The molecule has 0 spiro atoms. The number of rotatable bonds is 6. The molecule has 37 heavy (non-hydrogen) atoms. The first-order valence-electron chi connectivity index (χ1n) is 10.8. The van der Waals surface area contributed by atoms with Crippen LogP contribution in [0.2, 0.25) is 10.0 Å². The quantitative estimate of drug-likeness (QED) is 0.247. The third-order valence-electron chi connectivity index (χ3n) is 5.23. The lowest BCUT2D eigenvalue weighted by molar-refractivity contribution is -0.141. The Bertz CT molecular complexity index is 1520. The standard InChI is InChI=1S/C24H17BrCl2F3N5O2/c1-2-7-32-22(36)15-10-12-9-13(25)5-6-14(12)19(27)20(15)33-23(37)17-11-18(24(28,29)30)34-35(17)21-16(26)4-3-8-31-21/h3-6,8-11H,2,7H2,1H3,(H,32,36)(H,33,37). The molecule has 0 aliphatic carbocycles. The number of hydrogen-bond donors (Lipinski definition) is 2. The van der Waals surface area contributed by atoms with E-state index in [0.29, 0.717) is 34.5 Å². The summed E-state index contributed by atoms with van der Waals surface area (Å²) in [6.07, 6.45) is -2.89. The fourth-order valence-corrected chi connectivity index (χ4v) is 4.42. The van der Waals surface area contributed by atoms with Gasteiger partial charge in [-0.05, 0) is 42.1 Å². The van der Waals surface area contributed by atoms with Crippen molar-refractivity contribution >= 4 is 67.4 Å². The lowest BCUT2D eigenvalue weighted by Gasteiger charge is -2.16. The Balaban J connectivity index is 1.86.